The van der Waals surface area contributed by atoms with Crippen LogP contribution < -0.4 is 14.8 Å². The van der Waals surface area contributed by atoms with Gasteiger partial charge in [-0.25, -0.2) is 8.42 Å². The van der Waals surface area contributed by atoms with Crippen molar-refractivity contribution < 1.29 is 17.9 Å². The second kappa shape index (κ2) is 6.16. The van der Waals surface area contributed by atoms with Gasteiger partial charge in [0.25, 0.3) is 15.9 Å². The van der Waals surface area contributed by atoms with Crippen molar-refractivity contribution in [1.29, 1.82) is 0 Å². The summed E-state index contributed by atoms with van der Waals surface area (Å²) in [4.78, 5) is 11.5. The number of carbonyl (C=O) groups is 1. The van der Waals surface area contributed by atoms with Crippen LogP contribution in [0.5, 0.6) is 5.75 Å². The molecule has 6 nitrogen and oxygen atoms in total. The summed E-state index contributed by atoms with van der Waals surface area (Å²) in [5, 5.41) is 2.67. The smallest absolute Gasteiger partial charge is 0.262 e. The Bertz CT molecular complexity index is 907. The molecular formula is C17H18N2O4S. The summed E-state index contributed by atoms with van der Waals surface area (Å²) in [5.41, 5.74) is 2.49. The van der Waals surface area contributed by atoms with Gasteiger partial charge in [0.15, 0.2) is 6.61 Å². The van der Waals surface area contributed by atoms with Crippen LogP contribution in [-0.4, -0.2) is 20.9 Å². The lowest BCUT2D eigenvalue weighted by atomic mass is 10.1. The van der Waals surface area contributed by atoms with Crippen molar-refractivity contribution in [3.05, 3.63) is 47.5 Å². The van der Waals surface area contributed by atoms with Crippen LogP contribution in [0.2, 0.25) is 0 Å². The predicted molar refractivity (Wildman–Crippen MR) is 91.9 cm³/mol. The van der Waals surface area contributed by atoms with E-state index in [2.05, 4.69) is 10.0 Å². The van der Waals surface area contributed by atoms with Gasteiger partial charge >= 0.3 is 0 Å². The maximum absolute atomic E-state index is 12.8. The molecule has 0 aromatic heterocycles. The highest BCUT2D eigenvalue weighted by Crippen LogP contribution is 2.33. The van der Waals surface area contributed by atoms with Gasteiger partial charge in [-0.1, -0.05) is 25.1 Å². The Hall–Kier alpha value is -2.54. The summed E-state index contributed by atoms with van der Waals surface area (Å²) in [6, 6.07) is 10.3. The van der Waals surface area contributed by atoms with E-state index in [4.69, 9.17) is 4.74 Å². The molecule has 0 aliphatic carbocycles. The molecule has 126 valence electrons. The number of rotatable bonds is 4. The Morgan fingerprint density at radius 2 is 2.00 bits per heavy atom. The summed E-state index contributed by atoms with van der Waals surface area (Å²) in [6.07, 6.45) is 0.719. The Balaban J connectivity index is 2.00. The zero-order valence-electron chi connectivity index (χ0n) is 13.4. The summed E-state index contributed by atoms with van der Waals surface area (Å²) in [5.74, 6) is 0.0943. The van der Waals surface area contributed by atoms with Gasteiger partial charge in [-0.3, -0.25) is 9.52 Å². The van der Waals surface area contributed by atoms with Crippen molar-refractivity contribution in [3.8, 4) is 5.75 Å². The number of carbonyl (C=O) groups excluding carboxylic acids is 1. The lowest BCUT2D eigenvalue weighted by Crippen LogP contribution is -2.26. The van der Waals surface area contributed by atoms with Crippen molar-refractivity contribution in [3.63, 3.8) is 0 Å². The van der Waals surface area contributed by atoms with Crippen molar-refractivity contribution in [1.82, 2.24) is 0 Å². The fraction of sp³-hybridized carbons (Fsp3) is 0.235. The molecule has 0 bridgehead atoms. The van der Waals surface area contributed by atoms with E-state index in [1.807, 2.05) is 19.1 Å². The molecule has 2 aromatic rings. The second-order valence-electron chi connectivity index (χ2n) is 5.57. The van der Waals surface area contributed by atoms with E-state index >= 15 is 0 Å². The van der Waals surface area contributed by atoms with Crippen molar-refractivity contribution >= 4 is 27.3 Å². The van der Waals surface area contributed by atoms with Crippen LogP contribution in [0, 0.1) is 6.92 Å². The average molecular weight is 346 g/mol. The molecule has 1 aliphatic heterocycles. The van der Waals surface area contributed by atoms with Crippen molar-refractivity contribution in [2.24, 2.45) is 0 Å². The van der Waals surface area contributed by atoms with Crippen LogP contribution in [0.15, 0.2) is 41.3 Å². The van der Waals surface area contributed by atoms with Gasteiger partial charge in [-0.2, -0.15) is 0 Å². The predicted octanol–water partition coefficient (Wildman–Crippen LogP) is 2.69. The molecule has 0 spiro atoms. The largest absolute Gasteiger partial charge is 0.482 e. The SMILES string of the molecule is CCc1ccccc1NS(=O)(=O)c1cc2c(cc1C)NC(=O)CO2. The number of para-hydroxylation sites is 1. The third kappa shape index (κ3) is 3.07. The quantitative estimate of drug-likeness (QED) is 0.891. The lowest BCUT2D eigenvalue weighted by molar-refractivity contribution is -0.118. The summed E-state index contributed by atoms with van der Waals surface area (Å²) < 4.78 is 33.5. The third-order valence-corrected chi connectivity index (χ3v) is 5.35. The van der Waals surface area contributed by atoms with Gasteiger partial charge in [0.1, 0.15) is 5.75 Å². The van der Waals surface area contributed by atoms with E-state index < -0.39 is 10.0 Å². The molecule has 0 saturated heterocycles. The lowest BCUT2D eigenvalue weighted by Gasteiger charge is -2.20. The first-order valence-corrected chi connectivity index (χ1v) is 9.07. The fourth-order valence-electron chi connectivity index (χ4n) is 2.63. The molecule has 7 heteroatoms. The average Bonchev–Trinajstić information content (AvgIpc) is 2.54. The molecule has 2 aromatic carbocycles. The molecule has 24 heavy (non-hydrogen) atoms. The molecule has 1 amide bonds. The number of hydrogen-bond donors (Lipinski definition) is 2. The first kappa shape index (κ1) is 16.3. The van der Waals surface area contributed by atoms with Gasteiger partial charge in [-0.15, -0.1) is 0 Å². The molecule has 0 saturated carbocycles. The number of hydrogen-bond acceptors (Lipinski definition) is 4. The zero-order valence-corrected chi connectivity index (χ0v) is 14.2. The van der Waals surface area contributed by atoms with Gasteiger partial charge < -0.3 is 10.1 Å². The molecule has 0 atom stereocenters. The number of aryl methyl sites for hydroxylation is 2. The summed E-state index contributed by atoms with van der Waals surface area (Å²) in [7, 11) is -3.77. The molecule has 0 fully saturated rings. The second-order valence-corrected chi connectivity index (χ2v) is 7.22. The van der Waals surface area contributed by atoms with Crippen LogP contribution >= 0.6 is 0 Å². The number of ether oxygens (including phenoxy) is 1. The van der Waals surface area contributed by atoms with Crippen LogP contribution in [0.1, 0.15) is 18.1 Å². The topological polar surface area (TPSA) is 84.5 Å². The standard InChI is InChI=1S/C17H18N2O4S/c1-3-12-6-4-5-7-13(12)19-24(21,22)16-9-15-14(8-11(16)2)18-17(20)10-23-15/h4-9,19H,3,10H2,1-2H3,(H,18,20). The number of amides is 1. The van der Waals surface area contributed by atoms with Crippen molar-refractivity contribution in [2.75, 3.05) is 16.6 Å². The maximum Gasteiger partial charge on any atom is 0.262 e. The highest BCUT2D eigenvalue weighted by Gasteiger charge is 2.24. The van der Waals surface area contributed by atoms with E-state index in [1.54, 1.807) is 25.1 Å². The Kier molecular flexibility index (Phi) is 4.19. The number of benzene rings is 2. The highest BCUT2D eigenvalue weighted by molar-refractivity contribution is 7.92. The monoisotopic (exact) mass is 346 g/mol. The highest BCUT2D eigenvalue weighted by atomic mass is 32.2. The molecule has 0 radical (unpaired) electrons. The molecular weight excluding hydrogens is 328 g/mol. The normalized spacial score (nSPS) is 13.7. The number of sulfonamides is 1. The Morgan fingerprint density at radius 3 is 2.75 bits per heavy atom. The fourth-order valence-corrected chi connectivity index (χ4v) is 3.98. The third-order valence-electron chi connectivity index (χ3n) is 3.84. The molecule has 1 aliphatic rings. The van der Waals surface area contributed by atoms with E-state index in [-0.39, 0.29) is 17.4 Å². The van der Waals surface area contributed by atoms with Gasteiger partial charge in [0.2, 0.25) is 0 Å². The first-order chi connectivity index (χ1) is 11.4. The molecule has 3 rings (SSSR count). The minimum atomic E-state index is -3.77. The van der Waals surface area contributed by atoms with Crippen LogP contribution in [0.4, 0.5) is 11.4 Å². The van der Waals surface area contributed by atoms with Crippen LogP contribution in [0.3, 0.4) is 0 Å². The summed E-state index contributed by atoms with van der Waals surface area (Å²) >= 11 is 0. The van der Waals surface area contributed by atoms with Crippen molar-refractivity contribution in [2.45, 2.75) is 25.2 Å². The van der Waals surface area contributed by atoms with E-state index in [0.717, 1.165) is 12.0 Å². The minimum absolute atomic E-state index is 0.123. The maximum atomic E-state index is 12.8. The molecule has 2 N–H and O–H groups in total. The number of anilines is 2. The zero-order chi connectivity index (χ0) is 17.3. The molecule has 1 heterocycles. The van der Waals surface area contributed by atoms with Crippen LogP contribution in [-0.2, 0) is 21.2 Å². The first-order valence-electron chi connectivity index (χ1n) is 7.58. The van der Waals surface area contributed by atoms with Gasteiger partial charge in [0, 0.05) is 6.07 Å². The Labute approximate surface area is 140 Å². The molecule has 0 unspecified atom stereocenters. The van der Waals surface area contributed by atoms with E-state index in [1.165, 1.54) is 6.07 Å². The summed E-state index contributed by atoms with van der Waals surface area (Å²) in [6.45, 7) is 3.52. The van der Waals surface area contributed by atoms with E-state index in [0.29, 0.717) is 22.7 Å². The number of nitrogens with one attached hydrogen (secondary N) is 2. The Morgan fingerprint density at radius 1 is 1.25 bits per heavy atom. The van der Waals surface area contributed by atoms with Crippen LogP contribution in [0.25, 0.3) is 0 Å². The van der Waals surface area contributed by atoms with E-state index in [9.17, 15) is 13.2 Å². The number of fused-ring (bicyclic) bond motifs is 1. The van der Waals surface area contributed by atoms with Gasteiger partial charge in [-0.05, 0) is 36.6 Å². The van der Waals surface area contributed by atoms with Gasteiger partial charge in [0.05, 0.1) is 16.3 Å². The minimum Gasteiger partial charge on any atom is -0.482 e.